The molecule has 1 heterocycles. The number of carbonyl (C=O) groups is 1. The van der Waals surface area contributed by atoms with Gasteiger partial charge in [-0.05, 0) is 32.8 Å². The van der Waals surface area contributed by atoms with Crippen LogP contribution >= 0.6 is 0 Å². The molecule has 0 radical (unpaired) electrons. The number of pyridine rings is 1. The first-order valence-corrected chi connectivity index (χ1v) is 6.53. The maximum absolute atomic E-state index is 11.9. The van der Waals surface area contributed by atoms with E-state index >= 15 is 0 Å². The zero-order valence-corrected chi connectivity index (χ0v) is 11.0. The Morgan fingerprint density at radius 3 is 2.94 bits per heavy atom. The summed E-state index contributed by atoms with van der Waals surface area (Å²) in [6.07, 6.45) is 6.34. The molecule has 0 atom stereocenters. The molecule has 0 spiro atoms. The Morgan fingerprint density at radius 1 is 1.50 bits per heavy atom. The van der Waals surface area contributed by atoms with Crippen LogP contribution in [0.15, 0.2) is 18.5 Å². The first-order valence-electron chi connectivity index (χ1n) is 6.53. The second-order valence-electron chi connectivity index (χ2n) is 4.98. The molecule has 4 nitrogen and oxygen atoms in total. The van der Waals surface area contributed by atoms with Gasteiger partial charge in [-0.25, -0.2) is 0 Å². The van der Waals surface area contributed by atoms with Crippen LogP contribution in [-0.2, 0) is 0 Å². The van der Waals surface area contributed by atoms with Crippen molar-refractivity contribution in [2.24, 2.45) is 0 Å². The van der Waals surface area contributed by atoms with Crippen molar-refractivity contribution in [1.29, 1.82) is 0 Å². The number of ketones is 1. The lowest BCUT2D eigenvalue weighted by Crippen LogP contribution is -2.20. The molecular weight excluding hydrogens is 228 g/mol. The van der Waals surface area contributed by atoms with E-state index in [1.807, 2.05) is 13.8 Å². The molecular formula is C14H20N2O2. The highest BCUT2D eigenvalue weighted by molar-refractivity contribution is 5.96. The van der Waals surface area contributed by atoms with Gasteiger partial charge in [0.1, 0.15) is 5.75 Å². The summed E-state index contributed by atoms with van der Waals surface area (Å²) in [6.45, 7) is 4.65. The van der Waals surface area contributed by atoms with Crippen LogP contribution in [0.2, 0.25) is 0 Å². The summed E-state index contributed by atoms with van der Waals surface area (Å²) in [5.41, 5.74) is 0.630. The van der Waals surface area contributed by atoms with Gasteiger partial charge in [0, 0.05) is 30.8 Å². The summed E-state index contributed by atoms with van der Waals surface area (Å²) in [6, 6.07) is 2.42. The van der Waals surface area contributed by atoms with Crippen LogP contribution in [-0.4, -0.2) is 29.5 Å². The Hall–Kier alpha value is -1.42. The summed E-state index contributed by atoms with van der Waals surface area (Å²) < 4.78 is 5.53. The fourth-order valence-corrected chi connectivity index (χ4v) is 1.73. The van der Waals surface area contributed by atoms with E-state index in [0.29, 0.717) is 23.8 Å². The van der Waals surface area contributed by atoms with Crippen LogP contribution in [0.3, 0.4) is 0 Å². The number of nitrogens with one attached hydrogen (secondary N) is 1. The van der Waals surface area contributed by atoms with Crippen molar-refractivity contribution < 1.29 is 9.53 Å². The summed E-state index contributed by atoms with van der Waals surface area (Å²) in [4.78, 5) is 16.0. The zero-order valence-electron chi connectivity index (χ0n) is 11.0. The predicted octanol–water partition coefficient (Wildman–Crippen LogP) is 2.19. The molecule has 0 amide bonds. The Morgan fingerprint density at radius 2 is 2.28 bits per heavy atom. The van der Waals surface area contributed by atoms with E-state index in [4.69, 9.17) is 4.74 Å². The summed E-state index contributed by atoms with van der Waals surface area (Å²) in [7, 11) is 0. The first kappa shape index (κ1) is 13.0. The van der Waals surface area contributed by atoms with E-state index in [0.717, 1.165) is 6.54 Å². The van der Waals surface area contributed by atoms with E-state index in [1.165, 1.54) is 12.8 Å². The third-order valence-corrected chi connectivity index (χ3v) is 2.77. The minimum atomic E-state index is 0.0914. The fourth-order valence-electron chi connectivity index (χ4n) is 1.73. The van der Waals surface area contributed by atoms with Crippen LogP contribution in [0.5, 0.6) is 5.75 Å². The molecule has 0 aromatic carbocycles. The van der Waals surface area contributed by atoms with Gasteiger partial charge in [0.2, 0.25) is 0 Å². The third kappa shape index (κ3) is 4.11. The molecule has 1 aromatic heterocycles. The number of aromatic nitrogens is 1. The van der Waals surface area contributed by atoms with Crippen molar-refractivity contribution >= 4 is 5.78 Å². The van der Waals surface area contributed by atoms with Gasteiger partial charge >= 0.3 is 0 Å². The van der Waals surface area contributed by atoms with Crippen LogP contribution in [0.4, 0.5) is 0 Å². The minimum Gasteiger partial charge on any atom is -0.489 e. The summed E-state index contributed by atoms with van der Waals surface area (Å²) in [5, 5.41) is 3.33. The lowest BCUT2D eigenvalue weighted by molar-refractivity contribution is 0.0981. The van der Waals surface area contributed by atoms with Gasteiger partial charge in [-0.15, -0.1) is 0 Å². The van der Waals surface area contributed by atoms with Crippen LogP contribution in [0, 0.1) is 0 Å². The van der Waals surface area contributed by atoms with E-state index in [2.05, 4.69) is 10.3 Å². The van der Waals surface area contributed by atoms with E-state index in [-0.39, 0.29) is 11.9 Å². The molecule has 1 aliphatic carbocycles. The van der Waals surface area contributed by atoms with Gasteiger partial charge in [0.15, 0.2) is 5.78 Å². The molecule has 2 rings (SSSR count). The maximum atomic E-state index is 11.9. The standard InChI is InChI=1S/C14H20N2O2/c1-10(2)18-13-7-11(8-15-9-13)14(17)5-6-16-12-3-4-12/h7-10,12,16H,3-6H2,1-2H3. The highest BCUT2D eigenvalue weighted by Gasteiger charge is 2.20. The predicted molar refractivity (Wildman–Crippen MR) is 70.0 cm³/mol. The number of nitrogens with zero attached hydrogens (tertiary/aromatic N) is 1. The van der Waals surface area contributed by atoms with E-state index in [1.54, 1.807) is 18.5 Å². The van der Waals surface area contributed by atoms with Crippen molar-refractivity contribution in [3.8, 4) is 5.75 Å². The van der Waals surface area contributed by atoms with Crippen LogP contribution in [0.25, 0.3) is 0 Å². The molecule has 0 unspecified atom stereocenters. The molecule has 1 N–H and O–H groups in total. The van der Waals surface area contributed by atoms with Gasteiger partial charge < -0.3 is 10.1 Å². The van der Waals surface area contributed by atoms with Crippen molar-refractivity contribution in [3.63, 3.8) is 0 Å². The Labute approximate surface area is 108 Å². The largest absolute Gasteiger partial charge is 0.489 e. The molecule has 1 fully saturated rings. The number of hydrogen-bond donors (Lipinski definition) is 1. The second-order valence-corrected chi connectivity index (χ2v) is 4.98. The molecule has 1 aliphatic rings. The third-order valence-electron chi connectivity index (χ3n) is 2.77. The Balaban J connectivity index is 1.87. The smallest absolute Gasteiger partial charge is 0.165 e. The van der Waals surface area contributed by atoms with Crippen molar-refractivity contribution in [2.75, 3.05) is 6.54 Å². The number of rotatable bonds is 7. The van der Waals surface area contributed by atoms with Gasteiger partial charge in [0.05, 0.1) is 12.3 Å². The molecule has 0 saturated heterocycles. The summed E-state index contributed by atoms with van der Waals surface area (Å²) >= 11 is 0. The monoisotopic (exact) mass is 248 g/mol. The molecule has 98 valence electrons. The molecule has 1 saturated carbocycles. The van der Waals surface area contributed by atoms with E-state index in [9.17, 15) is 4.79 Å². The van der Waals surface area contributed by atoms with Gasteiger partial charge in [-0.1, -0.05) is 0 Å². The first-order chi connectivity index (χ1) is 8.65. The lowest BCUT2D eigenvalue weighted by atomic mass is 10.1. The van der Waals surface area contributed by atoms with Gasteiger partial charge in [-0.2, -0.15) is 0 Å². The molecule has 0 bridgehead atoms. The average Bonchev–Trinajstić information content (AvgIpc) is 3.12. The lowest BCUT2D eigenvalue weighted by Gasteiger charge is -2.10. The fraction of sp³-hybridized carbons (Fsp3) is 0.571. The number of ether oxygens (including phenoxy) is 1. The number of hydrogen-bond acceptors (Lipinski definition) is 4. The van der Waals surface area contributed by atoms with Crippen LogP contribution < -0.4 is 10.1 Å². The SMILES string of the molecule is CC(C)Oc1cncc(C(=O)CCNC2CC2)c1. The van der Waals surface area contributed by atoms with Crippen LogP contribution in [0.1, 0.15) is 43.5 Å². The second kappa shape index (κ2) is 5.96. The average molecular weight is 248 g/mol. The number of Topliss-reactive ketones (excluding diaryl/α,β-unsaturated/α-hetero) is 1. The molecule has 0 aliphatic heterocycles. The van der Waals surface area contributed by atoms with E-state index < -0.39 is 0 Å². The quantitative estimate of drug-likeness (QED) is 0.751. The highest BCUT2D eigenvalue weighted by Crippen LogP contribution is 2.18. The Bertz CT molecular complexity index is 414. The molecule has 1 aromatic rings. The molecule has 18 heavy (non-hydrogen) atoms. The van der Waals surface area contributed by atoms with Crippen molar-refractivity contribution in [2.45, 2.75) is 45.3 Å². The molecule has 4 heteroatoms. The van der Waals surface area contributed by atoms with Crippen molar-refractivity contribution in [1.82, 2.24) is 10.3 Å². The maximum Gasteiger partial charge on any atom is 0.165 e. The minimum absolute atomic E-state index is 0.0914. The number of carbonyl (C=O) groups excluding carboxylic acids is 1. The zero-order chi connectivity index (χ0) is 13.0. The topological polar surface area (TPSA) is 51.2 Å². The Kier molecular flexibility index (Phi) is 4.31. The van der Waals surface area contributed by atoms with Crippen molar-refractivity contribution in [3.05, 3.63) is 24.0 Å². The van der Waals surface area contributed by atoms with Gasteiger partial charge in [-0.3, -0.25) is 9.78 Å². The summed E-state index contributed by atoms with van der Waals surface area (Å²) in [5.74, 6) is 0.774. The van der Waals surface area contributed by atoms with Gasteiger partial charge in [0.25, 0.3) is 0 Å². The normalized spacial score (nSPS) is 14.8. The highest BCUT2D eigenvalue weighted by atomic mass is 16.5.